The highest BCUT2D eigenvalue weighted by Crippen LogP contribution is 2.28. The third-order valence-corrected chi connectivity index (χ3v) is 5.00. The van der Waals surface area contributed by atoms with E-state index in [2.05, 4.69) is 23.2 Å². The fraction of sp³-hybridized carbons (Fsp3) is 0.824. The van der Waals surface area contributed by atoms with E-state index in [1.807, 2.05) is 4.90 Å². The molecule has 118 valence electrons. The Morgan fingerprint density at radius 1 is 1.33 bits per heavy atom. The minimum Gasteiger partial charge on any atom is -0.316 e. The summed E-state index contributed by atoms with van der Waals surface area (Å²) in [6.07, 6.45) is 10.8. The van der Waals surface area contributed by atoms with E-state index in [1.54, 1.807) is 0 Å². The van der Waals surface area contributed by atoms with Crippen LogP contribution in [0.3, 0.4) is 0 Å². The second kappa shape index (κ2) is 6.93. The molecular weight excluding hydrogens is 262 g/mol. The first kappa shape index (κ1) is 15.0. The summed E-state index contributed by atoms with van der Waals surface area (Å²) in [7, 11) is 0. The molecule has 3 rings (SSSR count). The van der Waals surface area contributed by atoms with Gasteiger partial charge in [-0.1, -0.05) is 6.08 Å². The Kier molecular flexibility index (Phi) is 4.96. The topological polar surface area (TPSA) is 35.6 Å². The molecule has 0 aromatic rings. The summed E-state index contributed by atoms with van der Waals surface area (Å²) in [4.78, 5) is 17.2. The van der Waals surface area contributed by atoms with Gasteiger partial charge in [-0.2, -0.15) is 0 Å². The molecule has 0 aromatic carbocycles. The van der Waals surface area contributed by atoms with Crippen LogP contribution in [0.1, 0.15) is 51.9 Å². The fourth-order valence-electron chi connectivity index (χ4n) is 3.68. The van der Waals surface area contributed by atoms with Gasteiger partial charge in [0.15, 0.2) is 0 Å². The molecule has 4 nitrogen and oxygen atoms in total. The van der Waals surface area contributed by atoms with Crippen molar-refractivity contribution in [1.29, 1.82) is 0 Å². The van der Waals surface area contributed by atoms with Gasteiger partial charge in [0.1, 0.15) is 0 Å². The molecule has 1 aliphatic heterocycles. The van der Waals surface area contributed by atoms with Gasteiger partial charge in [0, 0.05) is 30.9 Å². The second-order valence-electron chi connectivity index (χ2n) is 6.68. The van der Waals surface area contributed by atoms with E-state index in [4.69, 9.17) is 0 Å². The molecular formula is C17H29N3O. The third kappa shape index (κ3) is 3.86. The molecule has 3 aliphatic rings. The number of hydrogen-bond donors (Lipinski definition) is 1. The van der Waals surface area contributed by atoms with E-state index in [1.165, 1.54) is 37.8 Å². The maximum atomic E-state index is 12.7. The first-order valence-electron chi connectivity index (χ1n) is 8.74. The summed E-state index contributed by atoms with van der Waals surface area (Å²) in [5, 5.41) is 3.56. The first-order valence-corrected chi connectivity index (χ1v) is 8.74. The van der Waals surface area contributed by atoms with E-state index in [9.17, 15) is 4.79 Å². The lowest BCUT2D eigenvalue weighted by Crippen LogP contribution is -2.45. The van der Waals surface area contributed by atoms with Crippen molar-refractivity contribution in [2.24, 2.45) is 0 Å². The Morgan fingerprint density at radius 3 is 2.76 bits per heavy atom. The predicted octanol–water partition coefficient (Wildman–Crippen LogP) is 2.12. The molecule has 21 heavy (non-hydrogen) atoms. The smallest absolute Gasteiger partial charge is 0.240 e. The van der Waals surface area contributed by atoms with Gasteiger partial charge in [0.2, 0.25) is 5.91 Å². The van der Waals surface area contributed by atoms with Crippen molar-refractivity contribution < 1.29 is 4.79 Å². The van der Waals surface area contributed by atoms with Gasteiger partial charge in [-0.15, -0.1) is 0 Å². The van der Waals surface area contributed by atoms with Crippen LogP contribution in [-0.4, -0.2) is 54.0 Å². The summed E-state index contributed by atoms with van der Waals surface area (Å²) >= 11 is 0. The average molecular weight is 291 g/mol. The number of carbonyl (C=O) groups excluding carboxylic acids is 1. The van der Waals surface area contributed by atoms with Crippen LogP contribution in [0.4, 0.5) is 0 Å². The zero-order valence-electron chi connectivity index (χ0n) is 13.3. The molecule has 2 aliphatic carbocycles. The van der Waals surface area contributed by atoms with Crippen LogP contribution in [0.25, 0.3) is 0 Å². The largest absolute Gasteiger partial charge is 0.316 e. The van der Waals surface area contributed by atoms with Crippen LogP contribution in [0.15, 0.2) is 11.8 Å². The maximum absolute atomic E-state index is 12.7. The lowest BCUT2D eigenvalue weighted by atomic mass is 10.2. The van der Waals surface area contributed by atoms with Crippen LogP contribution < -0.4 is 5.32 Å². The molecule has 1 saturated heterocycles. The Hall–Kier alpha value is -0.870. The molecule has 0 bridgehead atoms. The molecule has 0 radical (unpaired) electrons. The third-order valence-electron chi connectivity index (χ3n) is 5.00. The average Bonchev–Trinajstić information content (AvgIpc) is 2.96. The number of amides is 1. The zero-order valence-corrected chi connectivity index (χ0v) is 13.3. The second-order valence-corrected chi connectivity index (χ2v) is 6.68. The highest BCUT2D eigenvalue weighted by atomic mass is 16.2. The molecule has 1 saturated carbocycles. The number of hydrogen-bond acceptors (Lipinski definition) is 3. The standard InChI is InChI=1S/C17H29N3O/c1-2-20(16-7-3-4-8-16)17(21)13-19(15-9-10-15)12-14-6-5-11-18-14/h7,14-15,18H,2-6,8-13H2,1H3. The van der Waals surface area contributed by atoms with Gasteiger partial charge >= 0.3 is 0 Å². The van der Waals surface area contributed by atoms with Crippen LogP contribution >= 0.6 is 0 Å². The van der Waals surface area contributed by atoms with Crippen molar-refractivity contribution in [2.75, 3.05) is 26.2 Å². The van der Waals surface area contributed by atoms with Gasteiger partial charge in [-0.3, -0.25) is 9.69 Å². The van der Waals surface area contributed by atoms with Crippen molar-refractivity contribution in [2.45, 2.75) is 64.0 Å². The van der Waals surface area contributed by atoms with Crippen molar-refractivity contribution in [1.82, 2.24) is 15.1 Å². The summed E-state index contributed by atoms with van der Waals surface area (Å²) < 4.78 is 0. The summed E-state index contributed by atoms with van der Waals surface area (Å²) in [5.74, 6) is 0.301. The van der Waals surface area contributed by atoms with Gasteiger partial charge in [-0.05, 0) is 58.4 Å². The normalized spacial score (nSPS) is 25.4. The number of likely N-dealkylation sites (N-methyl/N-ethyl adjacent to an activating group) is 1. The highest BCUT2D eigenvalue weighted by Gasteiger charge is 2.33. The molecule has 1 heterocycles. The predicted molar refractivity (Wildman–Crippen MR) is 84.9 cm³/mol. The Balaban J connectivity index is 1.57. The lowest BCUT2D eigenvalue weighted by Gasteiger charge is -2.29. The Morgan fingerprint density at radius 2 is 2.19 bits per heavy atom. The molecule has 2 fully saturated rings. The number of nitrogens with one attached hydrogen (secondary N) is 1. The molecule has 1 amide bonds. The number of allylic oxidation sites excluding steroid dienone is 2. The van der Waals surface area contributed by atoms with Crippen molar-refractivity contribution >= 4 is 5.91 Å². The molecule has 0 aromatic heterocycles. The highest BCUT2D eigenvalue weighted by molar-refractivity contribution is 5.80. The zero-order chi connectivity index (χ0) is 14.7. The van der Waals surface area contributed by atoms with Crippen molar-refractivity contribution in [3.63, 3.8) is 0 Å². The van der Waals surface area contributed by atoms with Gasteiger partial charge in [0.05, 0.1) is 6.54 Å². The monoisotopic (exact) mass is 291 g/mol. The Bertz CT molecular complexity index is 397. The van der Waals surface area contributed by atoms with Crippen molar-refractivity contribution in [3.8, 4) is 0 Å². The minimum atomic E-state index is 0.301. The molecule has 1 atom stereocenters. The summed E-state index contributed by atoms with van der Waals surface area (Å²) in [6, 6.07) is 1.26. The molecule has 1 N–H and O–H groups in total. The molecule has 4 heteroatoms. The maximum Gasteiger partial charge on any atom is 0.240 e. The van der Waals surface area contributed by atoms with E-state index < -0.39 is 0 Å². The fourth-order valence-corrected chi connectivity index (χ4v) is 3.68. The first-order chi connectivity index (χ1) is 10.3. The van der Waals surface area contributed by atoms with Gasteiger partial charge in [0.25, 0.3) is 0 Å². The summed E-state index contributed by atoms with van der Waals surface area (Å²) in [5.41, 5.74) is 1.26. The van der Waals surface area contributed by atoms with Gasteiger partial charge in [-0.25, -0.2) is 0 Å². The van der Waals surface area contributed by atoms with Crippen LogP contribution in [0.5, 0.6) is 0 Å². The number of carbonyl (C=O) groups is 1. The quantitative estimate of drug-likeness (QED) is 0.780. The minimum absolute atomic E-state index is 0.301. The van der Waals surface area contributed by atoms with Crippen LogP contribution in [0.2, 0.25) is 0 Å². The van der Waals surface area contributed by atoms with E-state index in [0.29, 0.717) is 24.5 Å². The van der Waals surface area contributed by atoms with E-state index >= 15 is 0 Å². The Labute approximate surface area is 128 Å². The SMILES string of the molecule is CCN(C(=O)CN(CC1CCCN1)C1CC1)C1=CCCC1. The van der Waals surface area contributed by atoms with E-state index in [-0.39, 0.29) is 0 Å². The van der Waals surface area contributed by atoms with Crippen LogP contribution in [-0.2, 0) is 4.79 Å². The van der Waals surface area contributed by atoms with Crippen LogP contribution in [0, 0.1) is 0 Å². The number of rotatable bonds is 7. The lowest BCUT2D eigenvalue weighted by molar-refractivity contribution is -0.130. The van der Waals surface area contributed by atoms with E-state index in [0.717, 1.165) is 32.5 Å². The number of nitrogens with zero attached hydrogens (tertiary/aromatic N) is 2. The summed E-state index contributed by atoms with van der Waals surface area (Å²) in [6.45, 7) is 5.70. The van der Waals surface area contributed by atoms with Crippen molar-refractivity contribution in [3.05, 3.63) is 11.8 Å². The molecule has 0 spiro atoms. The molecule has 1 unspecified atom stereocenters. The van der Waals surface area contributed by atoms with Gasteiger partial charge < -0.3 is 10.2 Å².